The molecule has 76 valence electrons. The van der Waals surface area contributed by atoms with Gasteiger partial charge in [0.25, 0.3) is 0 Å². The fraction of sp³-hybridized carbons (Fsp3) is 0.400. The maximum absolute atomic E-state index is 11.2. The normalized spacial score (nSPS) is 20.8. The van der Waals surface area contributed by atoms with Crippen LogP contribution in [-0.4, -0.2) is 27.4 Å². The second-order valence-corrected chi connectivity index (χ2v) is 5.59. The molecule has 0 amide bonds. The van der Waals surface area contributed by atoms with E-state index in [1.54, 1.807) is 12.1 Å². The van der Waals surface area contributed by atoms with Gasteiger partial charge in [-0.1, -0.05) is 12.1 Å². The van der Waals surface area contributed by atoms with Crippen LogP contribution in [0, 0.1) is 0 Å². The summed E-state index contributed by atoms with van der Waals surface area (Å²) >= 11 is 0. The van der Waals surface area contributed by atoms with Crippen molar-refractivity contribution in [2.75, 3.05) is 12.9 Å². The van der Waals surface area contributed by atoms with Crippen LogP contribution in [0.1, 0.15) is 5.56 Å². The van der Waals surface area contributed by atoms with E-state index in [1.807, 2.05) is 12.1 Å². The zero-order chi connectivity index (χ0) is 10.2. The summed E-state index contributed by atoms with van der Waals surface area (Å²) in [5.41, 5.74) is 1.12. The summed E-state index contributed by atoms with van der Waals surface area (Å²) in [5, 5.41) is 0. The van der Waals surface area contributed by atoms with E-state index in [1.165, 1.54) is 6.26 Å². The molecule has 1 aliphatic heterocycles. The number of hydrogen-bond donors (Lipinski definition) is 0. The molecule has 1 atom stereocenters. The van der Waals surface area contributed by atoms with Gasteiger partial charge in [-0.25, -0.2) is 8.42 Å². The van der Waals surface area contributed by atoms with Gasteiger partial charge in [0.2, 0.25) is 0 Å². The van der Waals surface area contributed by atoms with E-state index in [9.17, 15) is 8.42 Å². The number of hydrogen-bond acceptors (Lipinski definition) is 3. The maximum Gasteiger partial charge on any atom is 0.175 e. The highest BCUT2D eigenvalue weighted by Gasteiger charge is 2.22. The van der Waals surface area contributed by atoms with Gasteiger partial charge in [0.05, 0.1) is 17.6 Å². The van der Waals surface area contributed by atoms with Gasteiger partial charge < -0.3 is 4.74 Å². The second kappa shape index (κ2) is 3.37. The fourth-order valence-corrected chi connectivity index (χ4v) is 1.95. The quantitative estimate of drug-likeness (QED) is 0.703. The van der Waals surface area contributed by atoms with Crippen molar-refractivity contribution in [2.45, 2.75) is 17.4 Å². The molecule has 0 spiro atoms. The molecule has 3 nitrogen and oxygen atoms in total. The molecular weight excluding hydrogens is 200 g/mol. The topological polar surface area (TPSA) is 46.7 Å². The number of ether oxygens (including phenoxy) is 1. The first-order chi connectivity index (χ1) is 6.55. The minimum absolute atomic E-state index is 0.346. The van der Waals surface area contributed by atoms with E-state index < -0.39 is 9.84 Å². The smallest absolute Gasteiger partial charge is 0.175 e. The first-order valence-corrected chi connectivity index (χ1v) is 6.35. The lowest BCUT2D eigenvalue weighted by atomic mass is 10.1. The molecule has 0 radical (unpaired) electrons. The van der Waals surface area contributed by atoms with Crippen molar-refractivity contribution < 1.29 is 13.2 Å². The second-order valence-electron chi connectivity index (χ2n) is 3.58. The van der Waals surface area contributed by atoms with E-state index in [0.717, 1.165) is 18.6 Å². The zero-order valence-electron chi connectivity index (χ0n) is 7.93. The molecular formula is C10H12O3S. The van der Waals surface area contributed by atoms with Gasteiger partial charge in [-0.05, 0) is 17.7 Å². The molecule has 0 aliphatic carbocycles. The Bertz CT molecular complexity index is 415. The summed E-state index contributed by atoms with van der Waals surface area (Å²) in [6.45, 7) is 0.827. The fourth-order valence-electron chi connectivity index (χ4n) is 1.32. The van der Waals surface area contributed by atoms with Crippen molar-refractivity contribution >= 4 is 9.84 Å². The summed E-state index contributed by atoms with van der Waals surface area (Å²) in [6, 6.07) is 6.98. The third kappa shape index (κ3) is 2.33. The molecule has 1 heterocycles. The minimum atomic E-state index is -3.06. The molecule has 1 saturated heterocycles. The van der Waals surface area contributed by atoms with Crippen LogP contribution in [-0.2, 0) is 21.0 Å². The number of benzene rings is 1. The molecule has 14 heavy (non-hydrogen) atoms. The molecule has 1 fully saturated rings. The van der Waals surface area contributed by atoms with Crippen LogP contribution in [0.25, 0.3) is 0 Å². The van der Waals surface area contributed by atoms with Crippen molar-refractivity contribution in [2.24, 2.45) is 0 Å². The molecule has 0 aromatic heterocycles. The van der Waals surface area contributed by atoms with Crippen molar-refractivity contribution in [3.8, 4) is 0 Å². The average molecular weight is 212 g/mol. The van der Waals surface area contributed by atoms with Gasteiger partial charge in [-0.15, -0.1) is 0 Å². The summed E-state index contributed by atoms with van der Waals surface area (Å²) in [5.74, 6) is 0. The van der Waals surface area contributed by atoms with Crippen LogP contribution >= 0.6 is 0 Å². The van der Waals surface area contributed by atoms with E-state index in [4.69, 9.17) is 4.74 Å². The van der Waals surface area contributed by atoms with Gasteiger partial charge in [-0.3, -0.25) is 0 Å². The van der Waals surface area contributed by atoms with Gasteiger partial charge in [0.1, 0.15) is 0 Å². The molecule has 0 bridgehead atoms. The molecule has 2 rings (SSSR count). The SMILES string of the molecule is CS(=O)(=O)c1ccc(CC2CO2)cc1. The Morgan fingerprint density at radius 2 is 1.93 bits per heavy atom. The number of epoxide rings is 1. The van der Waals surface area contributed by atoms with Crippen molar-refractivity contribution in [3.05, 3.63) is 29.8 Å². The zero-order valence-corrected chi connectivity index (χ0v) is 8.75. The Balaban J connectivity index is 2.16. The van der Waals surface area contributed by atoms with Crippen LogP contribution in [0.5, 0.6) is 0 Å². The molecule has 0 saturated carbocycles. The largest absolute Gasteiger partial charge is 0.373 e. The van der Waals surface area contributed by atoms with Gasteiger partial charge in [0.15, 0.2) is 9.84 Å². The van der Waals surface area contributed by atoms with Crippen LogP contribution in [0.3, 0.4) is 0 Å². The highest BCUT2D eigenvalue weighted by Crippen LogP contribution is 2.17. The van der Waals surface area contributed by atoms with Crippen LogP contribution in [0.2, 0.25) is 0 Å². The lowest BCUT2D eigenvalue weighted by Crippen LogP contribution is -1.98. The predicted octanol–water partition coefficient (Wildman–Crippen LogP) is 1.03. The monoisotopic (exact) mass is 212 g/mol. The van der Waals surface area contributed by atoms with Crippen molar-refractivity contribution in [1.82, 2.24) is 0 Å². The lowest BCUT2D eigenvalue weighted by molar-refractivity contribution is 0.407. The summed E-state index contributed by atoms with van der Waals surface area (Å²) in [4.78, 5) is 0.373. The minimum Gasteiger partial charge on any atom is -0.373 e. The van der Waals surface area contributed by atoms with Crippen LogP contribution < -0.4 is 0 Å². The lowest BCUT2D eigenvalue weighted by Gasteiger charge is -2.00. The molecule has 1 aliphatic rings. The Hall–Kier alpha value is -0.870. The van der Waals surface area contributed by atoms with Crippen molar-refractivity contribution in [1.29, 1.82) is 0 Å². The summed E-state index contributed by atoms with van der Waals surface area (Å²) in [6.07, 6.45) is 2.44. The molecule has 0 N–H and O–H groups in total. The summed E-state index contributed by atoms with van der Waals surface area (Å²) < 4.78 is 27.4. The van der Waals surface area contributed by atoms with Gasteiger partial charge >= 0.3 is 0 Å². The van der Waals surface area contributed by atoms with Gasteiger partial charge in [0, 0.05) is 12.7 Å². The van der Waals surface area contributed by atoms with Gasteiger partial charge in [-0.2, -0.15) is 0 Å². The van der Waals surface area contributed by atoms with E-state index in [2.05, 4.69) is 0 Å². The molecule has 1 aromatic carbocycles. The molecule has 1 unspecified atom stereocenters. The first kappa shape index (κ1) is 9.68. The van der Waals surface area contributed by atoms with E-state index in [0.29, 0.717) is 11.0 Å². The average Bonchev–Trinajstić information content (AvgIpc) is 2.88. The highest BCUT2D eigenvalue weighted by atomic mass is 32.2. The van der Waals surface area contributed by atoms with Crippen LogP contribution in [0.4, 0.5) is 0 Å². The predicted molar refractivity (Wildman–Crippen MR) is 53.0 cm³/mol. The maximum atomic E-state index is 11.2. The standard InChI is InChI=1S/C10H12O3S/c1-14(11,12)10-4-2-8(3-5-10)6-9-7-13-9/h2-5,9H,6-7H2,1H3. The Kier molecular flexibility index (Phi) is 2.33. The first-order valence-electron chi connectivity index (χ1n) is 4.46. The van der Waals surface area contributed by atoms with E-state index in [-0.39, 0.29) is 0 Å². The molecule has 1 aromatic rings. The molecule has 4 heteroatoms. The van der Waals surface area contributed by atoms with Crippen LogP contribution in [0.15, 0.2) is 29.2 Å². The third-order valence-corrected chi connectivity index (χ3v) is 3.35. The van der Waals surface area contributed by atoms with E-state index >= 15 is 0 Å². The number of rotatable bonds is 3. The highest BCUT2D eigenvalue weighted by molar-refractivity contribution is 7.90. The Labute approximate surface area is 83.6 Å². The Morgan fingerprint density at radius 3 is 2.36 bits per heavy atom. The van der Waals surface area contributed by atoms with Crippen molar-refractivity contribution in [3.63, 3.8) is 0 Å². The number of sulfone groups is 1. The summed E-state index contributed by atoms with van der Waals surface area (Å²) in [7, 11) is -3.06. The third-order valence-electron chi connectivity index (χ3n) is 2.22. The Morgan fingerprint density at radius 1 is 1.36 bits per heavy atom.